The third-order valence-corrected chi connectivity index (χ3v) is 3.89. The molecule has 0 aliphatic carbocycles. The average Bonchev–Trinajstić information content (AvgIpc) is 2.31. The van der Waals surface area contributed by atoms with Crippen LogP contribution < -0.4 is 11.5 Å². The summed E-state index contributed by atoms with van der Waals surface area (Å²) in [6.45, 7) is 0. The van der Waals surface area contributed by atoms with Gasteiger partial charge in [-0.05, 0) is 36.4 Å². The number of hydrogen-bond donors (Lipinski definition) is 2. The first-order valence-corrected chi connectivity index (χ1v) is 6.80. The molecular weight excluding hydrogens is 312 g/mol. The number of halogens is 1. The van der Waals surface area contributed by atoms with Crippen LogP contribution in [-0.2, 0) is 0 Å². The summed E-state index contributed by atoms with van der Waals surface area (Å²) in [5, 5.41) is 0. The Labute approximate surface area is 118 Å². The van der Waals surface area contributed by atoms with Gasteiger partial charge in [-0.15, -0.1) is 0 Å². The summed E-state index contributed by atoms with van der Waals surface area (Å²) in [5.41, 5.74) is 12.1. The van der Waals surface area contributed by atoms with Crippen molar-refractivity contribution in [3.05, 3.63) is 52.5 Å². The van der Waals surface area contributed by atoms with Gasteiger partial charge in [0.15, 0.2) is 0 Å². The standard InChI is InChI=1S/C13H11BrN2OS/c14-9-2-1-3-10(7-9)18-12-5-4-8(13(16)17)6-11(12)15/h1-7H,15H2,(H2,16,17). The van der Waals surface area contributed by atoms with Crippen molar-refractivity contribution < 1.29 is 4.79 Å². The van der Waals surface area contributed by atoms with Crippen LogP contribution in [0.3, 0.4) is 0 Å². The summed E-state index contributed by atoms with van der Waals surface area (Å²) >= 11 is 4.96. The van der Waals surface area contributed by atoms with Crippen LogP contribution in [0.25, 0.3) is 0 Å². The SMILES string of the molecule is NC(=O)c1ccc(Sc2cccc(Br)c2)c(N)c1. The van der Waals surface area contributed by atoms with E-state index in [4.69, 9.17) is 11.5 Å². The molecule has 0 fully saturated rings. The van der Waals surface area contributed by atoms with Gasteiger partial charge >= 0.3 is 0 Å². The van der Waals surface area contributed by atoms with E-state index in [1.807, 2.05) is 24.3 Å². The van der Waals surface area contributed by atoms with E-state index in [2.05, 4.69) is 15.9 Å². The molecule has 0 aliphatic rings. The maximum absolute atomic E-state index is 11.0. The number of nitrogen functional groups attached to an aromatic ring is 1. The van der Waals surface area contributed by atoms with Crippen LogP contribution in [0.1, 0.15) is 10.4 Å². The highest BCUT2D eigenvalue weighted by molar-refractivity contribution is 9.10. The molecule has 92 valence electrons. The van der Waals surface area contributed by atoms with Gasteiger partial charge in [0.05, 0.1) is 0 Å². The highest BCUT2D eigenvalue weighted by Crippen LogP contribution is 2.33. The van der Waals surface area contributed by atoms with Crippen molar-refractivity contribution in [2.45, 2.75) is 9.79 Å². The van der Waals surface area contributed by atoms with E-state index in [9.17, 15) is 4.79 Å². The van der Waals surface area contributed by atoms with Gasteiger partial charge in [0.1, 0.15) is 0 Å². The maximum Gasteiger partial charge on any atom is 0.248 e. The quantitative estimate of drug-likeness (QED) is 0.852. The zero-order chi connectivity index (χ0) is 13.1. The number of nitrogens with two attached hydrogens (primary N) is 2. The third kappa shape index (κ3) is 3.05. The predicted molar refractivity (Wildman–Crippen MR) is 77.6 cm³/mol. The highest BCUT2D eigenvalue weighted by Gasteiger charge is 2.06. The summed E-state index contributed by atoms with van der Waals surface area (Å²) in [6.07, 6.45) is 0. The van der Waals surface area contributed by atoms with E-state index in [1.165, 1.54) is 0 Å². The molecule has 0 atom stereocenters. The maximum atomic E-state index is 11.0. The Bertz CT molecular complexity index is 601. The van der Waals surface area contributed by atoms with Crippen molar-refractivity contribution in [3.8, 4) is 0 Å². The lowest BCUT2D eigenvalue weighted by Crippen LogP contribution is -2.11. The highest BCUT2D eigenvalue weighted by atomic mass is 79.9. The van der Waals surface area contributed by atoms with Gasteiger partial charge < -0.3 is 11.5 Å². The molecule has 2 aromatic rings. The number of rotatable bonds is 3. The van der Waals surface area contributed by atoms with E-state index in [1.54, 1.807) is 30.0 Å². The molecule has 0 unspecified atom stereocenters. The Morgan fingerprint density at radius 1 is 1.17 bits per heavy atom. The minimum atomic E-state index is -0.472. The van der Waals surface area contributed by atoms with Gasteiger partial charge in [0.25, 0.3) is 0 Å². The molecule has 0 aliphatic heterocycles. The zero-order valence-corrected chi connectivity index (χ0v) is 11.8. The second kappa shape index (κ2) is 5.46. The Balaban J connectivity index is 2.27. The fourth-order valence-corrected chi connectivity index (χ4v) is 2.90. The van der Waals surface area contributed by atoms with Gasteiger partial charge in [-0.3, -0.25) is 4.79 Å². The molecule has 0 spiro atoms. The van der Waals surface area contributed by atoms with E-state index >= 15 is 0 Å². The first-order chi connectivity index (χ1) is 8.56. The van der Waals surface area contributed by atoms with E-state index in [0.29, 0.717) is 11.3 Å². The van der Waals surface area contributed by atoms with Crippen LogP contribution in [0, 0.1) is 0 Å². The van der Waals surface area contributed by atoms with Crippen LogP contribution >= 0.6 is 27.7 Å². The minimum absolute atomic E-state index is 0.422. The van der Waals surface area contributed by atoms with Crippen molar-refractivity contribution in [3.63, 3.8) is 0 Å². The number of anilines is 1. The van der Waals surface area contributed by atoms with E-state index in [-0.39, 0.29) is 0 Å². The minimum Gasteiger partial charge on any atom is -0.398 e. The Hall–Kier alpha value is -1.46. The monoisotopic (exact) mass is 322 g/mol. The van der Waals surface area contributed by atoms with Crippen molar-refractivity contribution in [1.82, 2.24) is 0 Å². The molecule has 5 heteroatoms. The first-order valence-electron chi connectivity index (χ1n) is 5.19. The molecule has 18 heavy (non-hydrogen) atoms. The number of primary amides is 1. The van der Waals surface area contributed by atoms with Gasteiger partial charge in [-0.25, -0.2) is 0 Å². The molecule has 0 heterocycles. The topological polar surface area (TPSA) is 69.1 Å². The second-order valence-corrected chi connectivity index (χ2v) is 5.71. The predicted octanol–water partition coefficient (Wildman–Crippen LogP) is 3.28. The lowest BCUT2D eigenvalue weighted by molar-refractivity contribution is 0.100. The fourth-order valence-electron chi connectivity index (χ4n) is 1.45. The van der Waals surface area contributed by atoms with Gasteiger partial charge in [0, 0.05) is 25.5 Å². The molecule has 0 bridgehead atoms. The molecule has 0 saturated carbocycles. The molecule has 0 saturated heterocycles. The van der Waals surface area contributed by atoms with Crippen molar-refractivity contribution in [2.75, 3.05) is 5.73 Å². The molecule has 3 nitrogen and oxygen atoms in total. The molecule has 2 aromatic carbocycles. The summed E-state index contributed by atoms with van der Waals surface area (Å²) in [5.74, 6) is -0.472. The first kappa shape index (κ1) is 13.0. The number of carbonyl (C=O) groups excluding carboxylic acids is 1. The van der Waals surface area contributed by atoms with Crippen LogP contribution in [0.2, 0.25) is 0 Å². The molecule has 2 rings (SSSR count). The van der Waals surface area contributed by atoms with Gasteiger partial charge in [0.2, 0.25) is 5.91 Å². The van der Waals surface area contributed by atoms with Crippen molar-refractivity contribution in [1.29, 1.82) is 0 Å². The van der Waals surface area contributed by atoms with E-state index < -0.39 is 5.91 Å². The van der Waals surface area contributed by atoms with Gasteiger partial charge in [-0.1, -0.05) is 33.8 Å². The summed E-state index contributed by atoms with van der Waals surface area (Å²) in [7, 11) is 0. The third-order valence-electron chi connectivity index (χ3n) is 2.32. The molecule has 0 radical (unpaired) electrons. The number of amides is 1. The van der Waals surface area contributed by atoms with Crippen LogP contribution in [0.15, 0.2) is 56.7 Å². The Kier molecular flexibility index (Phi) is 3.93. The molecule has 4 N–H and O–H groups in total. The number of carbonyl (C=O) groups is 1. The largest absolute Gasteiger partial charge is 0.398 e. The molecular formula is C13H11BrN2OS. The smallest absolute Gasteiger partial charge is 0.248 e. The summed E-state index contributed by atoms with van der Waals surface area (Å²) < 4.78 is 1.01. The lowest BCUT2D eigenvalue weighted by Gasteiger charge is -2.07. The molecule has 1 amide bonds. The van der Waals surface area contributed by atoms with Crippen LogP contribution in [0.5, 0.6) is 0 Å². The molecule has 0 aromatic heterocycles. The zero-order valence-electron chi connectivity index (χ0n) is 9.39. The lowest BCUT2D eigenvalue weighted by atomic mass is 10.2. The second-order valence-electron chi connectivity index (χ2n) is 3.68. The Morgan fingerprint density at radius 2 is 1.94 bits per heavy atom. The number of hydrogen-bond acceptors (Lipinski definition) is 3. The van der Waals surface area contributed by atoms with Crippen LogP contribution in [-0.4, -0.2) is 5.91 Å². The normalized spacial score (nSPS) is 10.3. The number of benzene rings is 2. The fraction of sp³-hybridized carbons (Fsp3) is 0. The summed E-state index contributed by atoms with van der Waals surface area (Å²) in [4.78, 5) is 13.0. The van der Waals surface area contributed by atoms with Crippen LogP contribution in [0.4, 0.5) is 5.69 Å². The van der Waals surface area contributed by atoms with Gasteiger partial charge in [-0.2, -0.15) is 0 Å². The van der Waals surface area contributed by atoms with Crippen molar-refractivity contribution in [2.24, 2.45) is 5.73 Å². The summed E-state index contributed by atoms with van der Waals surface area (Å²) in [6, 6.07) is 13.0. The average molecular weight is 323 g/mol. The Morgan fingerprint density at radius 3 is 2.56 bits per heavy atom. The van der Waals surface area contributed by atoms with E-state index in [0.717, 1.165) is 14.3 Å². The van der Waals surface area contributed by atoms with Crippen molar-refractivity contribution >= 4 is 39.3 Å².